The molecular weight excluding hydrogens is 268 g/mol. The minimum absolute atomic E-state index is 0.243. The largest absolute Gasteiger partial charge is 0.493 e. The molecule has 4 nitrogen and oxygen atoms in total. The zero-order chi connectivity index (χ0) is 14.4. The second-order valence-corrected chi connectivity index (χ2v) is 4.19. The third-order valence-corrected chi connectivity index (χ3v) is 2.53. The number of benzene rings is 1. The van der Waals surface area contributed by atoms with E-state index in [2.05, 4.69) is 6.58 Å². The number of ether oxygens (including phenoxy) is 2. The summed E-state index contributed by atoms with van der Waals surface area (Å²) < 4.78 is 10.9. The molecular formula is C14H15ClO4. The Morgan fingerprint density at radius 3 is 2.74 bits per heavy atom. The first-order valence-corrected chi connectivity index (χ1v) is 5.93. The summed E-state index contributed by atoms with van der Waals surface area (Å²) in [5, 5.41) is 9.11. The molecule has 0 saturated carbocycles. The van der Waals surface area contributed by atoms with Gasteiger partial charge in [-0.15, -0.1) is 0 Å². The molecule has 1 N–H and O–H groups in total. The van der Waals surface area contributed by atoms with Crippen molar-refractivity contribution in [2.24, 2.45) is 0 Å². The first kappa shape index (κ1) is 15.1. The van der Waals surface area contributed by atoms with Crippen LogP contribution in [-0.2, 0) is 4.79 Å². The van der Waals surface area contributed by atoms with Crippen molar-refractivity contribution in [3.8, 4) is 11.5 Å². The van der Waals surface area contributed by atoms with Gasteiger partial charge < -0.3 is 14.6 Å². The van der Waals surface area contributed by atoms with Crippen molar-refractivity contribution < 1.29 is 19.4 Å². The van der Waals surface area contributed by atoms with Gasteiger partial charge in [0.1, 0.15) is 6.10 Å². The van der Waals surface area contributed by atoms with Crippen molar-refractivity contribution in [1.29, 1.82) is 0 Å². The van der Waals surface area contributed by atoms with Gasteiger partial charge in [-0.05, 0) is 19.1 Å². The number of halogens is 1. The van der Waals surface area contributed by atoms with Crippen LogP contribution >= 0.6 is 11.6 Å². The number of methoxy groups -OCH3 is 1. The number of aliphatic carboxylic acids is 1. The highest BCUT2D eigenvalue weighted by molar-refractivity contribution is 6.31. The van der Waals surface area contributed by atoms with E-state index in [1.165, 1.54) is 13.2 Å². The quantitative estimate of drug-likeness (QED) is 0.642. The number of carboxylic acid groups (broad SMARTS) is 1. The van der Waals surface area contributed by atoms with Crippen LogP contribution in [0, 0.1) is 0 Å². The maximum atomic E-state index is 10.6. The van der Waals surface area contributed by atoms with Crippen molar-refractivity contribution in [2.45, 2.75) is 13.0 Å². The number of hydrogen-bond donors (Lipinski definition) is 1. The summed E-state index contributed by atoms with van der Waals surface area (Å²) in [4.78, 5) is 10.6. The molecule has 0 bridgehead atoms. The number of hydrogen-bond acceptors (Lipinski definition) is 3. The molecule has 1 unspecified atom stereocenters. The average Bonchev–Trinajstić information content (AvgIpc) is 2.37. The molecule has 0 radical (unpaired) electrons. The Bertz CT molecular complexity index is 508. The van der Waals surface area contributed by atoms with Crippen molar-refractivity contribution >= 4 is 23.6 Å². The van der Waals surface area contributed by atoms with Crippen LogP contribution in [0.1, 0.15) is 12.5 Å². The van der Waals surface area contributed by atoms with Crippen molar-refractivity contribution in [3.63, 3.8) is 0 Å². The highest BCUT2D eigenvalue weighted by Crippen LogP contribution is 2.36. The highest BCUT2D eigenvalue weighted by Gasteiger charge is 2.13. The molecule has 1 rings (SSSR count). The lowest BCUT2D eigenvalue weighted by Gasteiger charge is -2.16. The summed E-state index contributed by atoms with van der Waals surface area (Å²) in [6, 6.07) is 3.21. The summed E-state index contributed by atoms with van der Waals surface area (Å²) >= 11 is 5.95. The average molecular weight is 283 g/mol. The van der Waals surface area contributed by atoms with Gasteiger partial charge in [0.15, 0.2) is 11.5 Å². The van der Waals surface area contributed by atoms with E-state index in [-0.39, 0.29) is 6.10 Å². The third kappa shape index (κ3) is 4.34. The number of carboxylic acids is 1. The van der Waals surface area contributed by atoms with Crippen LogP contribution in [0.3, 0.4) is 0 Å². The molecule has 0 fully saturated rings. The molecule has 102 valence electrons. The second-order valence-electron chi connectivity index (χ2n) is 3.76. The molecule has 1 aromatic carbocycles. The van der Waals surface area contributed by atoms with E-state index in [4.69, 9.17) is 26.2 Å². The lowest BCUT2D eigenvalue weighted by Crippen LogP contribution is -2.09. The predicted molar refractivity (Wildman–Crippen MR) is 75.0 cm³/mol. The summed E-state index contributed by atoms with van der Waals surface area (Å²) in [7, 11) is 1.49. The van der Waals surface area contributed by atoms with Crippen LogP contribution in [0.5, 0.6) is 11.5 Å². The van der Waals surface area contributed by atoms with E-state index in [0.29, 0.717) is 22.1 Å². The summed E-state index contributed by atoms with van der Waals surface area (Å²) in [6.45, 7) is 5.44. The van der Waals surface area contributed by atoms with Crippen LogP contribution in [0.25, 0.3) is 6.08 Å². The molecule has 5 heteroatoms. The van der Waals surface area contributed by atoms with Crippen LogP contribution in [0.15, 0.2) is 30.9 Å². The van der Waals surface area contributed by atoms with Crippen LogP contribution in [-0.4, -0.2) is 24.3 Å². The van der Waals surface area contributed by atoms with E-state index < -0.39 is 5.97 Å². The number of carbonyl (C=O) groups is 1. The van der Waals surface area contributed by atoms with Gasteiger partial charge >= 0.3 is 5.97 Å². The molecule has 0 heterocycles. The zero-order valence-corrected chi connectivity index (χ0v) is 11.5. The van der Waals surface area contributed by atoms with Crippen LogP contribution in [0.2, 0.25) is 5.02 Å². The topological polar surface area (TPSA) is 55.8 Å². The van der Waals surface area contributed by atoms with Crippen LogP contribution in [0.4, 0.5) is 0 Å². The van der Waals surface area contributed by atoms with Gasteiger partial charge in [-0.2, -0.15) is 0 Å². The fourth-order valence-electron chi connectivity index (χ4n) is 1.39. The van der Waals surface area contributed by atoms with Gasteiger partial charge in [0.2, 0.25) is 0 Å². The van der Waals surface area contributed by atoms with Gasteiger partial charge in [-0.3, -0.25) is 0 Å². The highest BCUT2D eigenvalue weighted by atomic mass is 35.5. The van der Waals surface area contributed by atoms with Crippen molar-refractivity contribution in [1.82, 2.24) is 0 Å². The maximum absolute atomic E-state index is 10.6. The minimum Gasteiger partial charge on any atom is -0.493 e. The van der Waals surface area contributed by atoms with E-state index in [1.807, 2.05) is 6.92 Å². The molecule has 0 aliphatic carbocycles. The van der Waals surface area contributed by atoms with E-state index >= 15 is 0 Å². The van der Waals surface area contributed by atoms with E-state index in [9.17, 15) is 4.79 Å². The smallest absolute Gasteiger partial charge is 0.328 e. The van der Waals surface area contributed by atoms with E-state index in [0.717, 1.165) is 6.08 Å². The summed E-state index contributed by atoms with van der Waals surface area (Å²) in [5.74, 6) is -0.190. The molecule has 1 atom stereocenters. The Kier molecular flexibility index (Phi) is 5.45. The van der Waals surface area contributed by atoms with Gasteiger partial charge in [0.25, 0.3) is 0 Å². The fraction of sp³-hybridized carbons (Fsp3) is 0.214. The first-order valence-electron chi connectivity index (χ1n) is 5.55. The summed E-state index contributed by atoms with van der Waals surface area (Å²) in [5.41, 5.74) is 0.528. The fourth-order valence-corrected chi connectivity index (χ4v) is 1.60. The molecule has 1 aromatic rings. The standard InChI is InChI=1S/C14H15ClO4/c1-4-9(2)19-14-10(5-6-13(16)17)7-11(15)8-12(14)18-3/h4-9H,1H2,2-3H3,(H,16,17)/b6-5+. The third-order valence-electron chi connectivity index (χ3n) is 2.31. The molecule has 0 aromatic heterocycles. The van der Waals surface area contributed by atoms with Gasteiger partial charge in [-0.1, -0.05) is 24.3 Å². The Morgan fingerprint density at radius 1 is 1.53 bits per heavy atom. The normalized spacial score (nSPS) is 12.2. The SMILES string of the molecule is C=CC(C)Oc1c(/C=C/C(=O)O)cc(Cl)cc1OC. The maximum Gasteiger partial charge on any atom is 0.328 e. The van der Waals surface area contributed by atoms with Crippen molar-refractivity contribution in [3.05, 3.63) is 41.4 Å². The van der Waals surface area contributed by atoms with Crippen LogP contribution < -0.4 is 9.47 Å². The predicted octanol–water partition coefficient (Wildman–Crippen LogP) is 3.40. The summed E-state index contributed by atoms with van der Waals surface area (Å²) in [6.07, 6.45) is 3.80. The van der Waals surface area contributed by atoms with Gasteiger partial charge in [-0.25, -0.2) is 4.79 Å². The molecule has 0 aliphatic rings. The lowest BCUT2D eigenvalue weighted by atomic mass is 10.1. The van der Waals surface area contributed by atoms with Gasteiger partial charge in [0, 0.05) is 22.7 Å². The molecule has 0 spiro atoms. The van der Waals surface area contributed by atoms with Gasteiger partial charge in [0.05, 0.1) is 7.11 Å². The minimum atomic E-state index is -1.05. The molecule has 0 aliphatic heterocycles. The van der Waals surface area contributed by atoms with E-state index in [1.54, 1.807) is 18.2 Å². The Labute approximate surface area is 116 Å². The Morgan fingerprint density at radius 2 is 2.21 bits per heavy atom. The lowest BCUT2D eigenvalue weighted by molar-refractivity contribution is -0.131. The number of rotatable bonds is 6. The first-order chi connectivity index (χ1) is 8.97. The molecule has 0 amide bonds. The zero-order valence-electron chi connectivity index (χ0n) is 10.7. The Balaban J connectivity index is 3.28. The monoisotopic (exact) mass is 282 g/mol. The second kappa shape index (κ2) is 6.85. The van der Waals surface area contributed by atoms with Crippen molar-refractivity contribution in [2.75, 3.05) is 7.11 Å². The Hall–Kier alpha value is -1.94. The molecule has 0 saturated heterocycles. The molecule has 19 heavy (non-hydrogen) atoms.